The molecule has 18 heavy (non-hydrogen) atoms. The van der Waals surface area contributed by atoms with E-state index >= 15 is 0 Å². The number of carbonyl (C=O) groups is 1. The lowest BCUT2D eigenvalue weighted by molar-refractivity contribution is 0.0746. The van der Waals surface area contributed by atoms with Crippen molar-refractivity contribution in [2.24, 2.45) is 0 Å². The van der Waals surface area contributed by atoms with Crippen LogP contribution in [-0.4, -0.2) is 22.8 Å². The van der Waals surface area contributed by atoms with Gasteiger partial charge in [-0.05, 0) is 52.0 Å². The molecule has 0 aliphatic carbocycles. The van der Waals surface area contributed by atoms with Gasteiger partial charge < -0.3 is 4.90 Å². The molecule has 0 N–H and O–H groups in total. The fourth-order valence-electron chi connectivity index (χ4n) is 1.65. The first-order valence-corrected chi connectivity index (χ1v) is 7.18. The molecule has 0 radical (unpaired) electrons. The Hall–Kier alpha value is -1.20. The van der Waals surface area contributed by atoms with Crippen LogP contribution in [0.15, 0.2) is 40.4 Å². The molecule has 2 heterocycles. The van der Waals surface area contributed by atoms with Gasteiger partial charge in [0.15, 0.2) is 0 Å². The maximum atomic E-state index is 12.3. The van der Waals surface area contributed by atoms with Crippen molar-refractivity contribution >= 4 is 33.2 Å². The van der Waals surface area contributed by atoms with Gasteiger partial charge in [-0.3, -0.25) is 9.78 Å². The van der Waals surface area contributed by atoms with Gasteiger partial charge in [0, 0.05) is 23.9 Å². The highest BCUT2D eigenvalue weighted by atomic mass is 79.9. The van der Waals surface area contributed by atoms with E-state index in [1.807, 2.05) is 37.6 Å². The van der Waals surface area contributed by atoms with E-state index in [1.165, 1.54) is 11.3 Å². The maximum absolute atomic E-state index is 12.3. The van der Waals surface area contributed by atoms with E-state index < -0.39 is 0 Å². The van der Waals surface area contributed by atoms with Crippen LogP contribution in [0.5, 0.6) is 0 Å². The first-order chi connectivity index (χ1) is 8.61. The lowest BCUT2D eigenvalue weighted by atomic mass is 10.1. The topological polar surface area (TPSA) is 33.2 Å². The number of hydrogen-bond donors (Lipinski definition) is 0. The molecule has 3 nitrogen and oxygen atoms in total. The normalized spacial score (nSPS) is 12.2. The largest absolute Gasteiger partial charge is 0.334 e. The van der Waals surface area contributed by atoms with E-state index in [0.29, 0.717) is 0 Å². The fraction of sp³-hybridized carbons (Fsp3) is 0.231. The summed E-state index contributed by atoms with van der Waals surface area (Å²) in [6.07, 6.45) is 3.48. The zero-order chi connectivity index (χ0) is 13.1. The van der Waals surface area contributed by atoms with Crippen LogP contribution >= 0.6 is 27.3 Å². The predicted octanol–water partition coefficient (Wildman–Crippen LogP) is 3.74. The summed E-state index contributed by atoms with van der Waals surface area (Å²) in [6, 6.07) is 5.77. The summed E-state index contributed by atoms with van der Waals surface area (Å²) in [6.45, 7) is 2.01. The summed E-state index contributed by atoms with van der Waals surface area (Å²) in [4.78, 5) is 18.8. The quantitative estimate of drug-likeness (QED) is 0.861. The number of nitrogens with zero attached hydrogens (tertiary/aromatic N) is 2. The van der Waals surface area contributed by atoms with Crippen LogP contribution in [0.25, 0.3) is 0 Å². The van der Waals surface area contributed by atoms with Crippen LogP contribution in [0, 0.1) is 0 Å². The zero-order valence-electron chi connectivity index (χ0n) is 10.1. The van der Waals surface area contributed by atoms with Gasteiger partial charge in [-0.25, -0.2) is 0 Å². The van der Waals surface area contributed by atoms with Gasteiger partial charge in [0.25, 0.3) is 5.91 Å². The van der Waals surface area contributed by atoms with Crippen molar-refractivity contribution in [2.45, 2.75) is 13.0 Å². The Labute approximate surface area is 119 Å². The number of pyridine rings is 1. The number of carbonyl (C=O) groups excluding carboxylic acids is 1. The van der Waals surface area contributed by atoms with Gasteiger partial charge in [0.1, 0.15) is 4.88 Å². The molecule has 5 heteroatoms. The van der Waals surface area contributed by atoms with Crippen LogP contribution in [0.1, 0.15) is 28.2 Å². The lowest BCUT2D eigenvalue weighted by Gasteiger charge is -2.24. The smallest absolute Gasteiger partial charge is 0.265 e. The Morgan fingerprint density at radius 3 is 2.61 bits per heavy atom. The number of aromatic nitrogens is 1. The third-order valence-corrected chi connectivity index (χ3v) is 4.73. The highest BCUT2D eigenvalue weighted by molar-refractivity contribution is 9.10. The summed E-state index contributed by atoms with van der Waals surface area (Å²) < 4.78 is 0.853. The molecule has 0 aliphatic heterocycles. The van der Waals surface area contributed by atoms with Crippen LogP contribution in [0.4, 0.5) is 0 Å². The van der Waals surface area contributed by atoms with Crippen molar-refractivity contribution in [3.63, 3.8) is 0 Å². The van der Waals surface area contributed by atoms with E-state index in [4.69, 9.17) is 0 Å². The first kappa shape index (κ1) is 13.2. The summed E-state index contributed by atoms with van der Waals surface area (Å²) in [5.74, 6) is 0.0289. The van der Waals surface area contributed by atoms with Crippen molar-refractivity contribution in [1.29, 1.82) is 0 Å². The standard InChI is InChI=1S/C13H13BrN2OS/c1-9(10-3-6-15-7-4-10)16(2)13(17)12-11(14)5-8-18-12/h3-9H,1-2H3. The molecule has 0 saturated heterocycles. The molecular formula is C13H13BrN2OS. The van der Waals surface area contributed by atoms with Crippen LogP contribution in [0.3, 0.4) is 0 Å². The number of hydrogen-bond acceptors (Lipinski definition) is 3. The molecule has 0 aromatic carbocycles. The lowest BCUT2D eigenvalue weighted by Crippen LogP contribution is -2.29. The molecule has 1 atom stereocenters. The molecule has 0 bridgehead atoms. The molecule has 0 spiro atoms. The summed E-state index contributed by atoms with van der Waals surface area (Å²) in [5.41, 5.74) is 1.08. The second-order valence-electron chi connectivity index (χ2n) is 3.97. The minimum Gasteiger partial charge on any atom is -0.334 e. The Morgan fingerprint density at radius 1 is 1.39 bits per heavy atom. The predicted molar refractivity (Wildman–Crippen MR) is 76.8 cm³/mol. The average Bonchev–Trinajstić information content (AvgIpc) is 2.83. The van der Waals surface area contributed by atoms with Gasteiger partial charge in [0.05, 0.1) is 6.04 Å². The Bertz CT molecular complexity index is 541. The SMILES string of the molecule is CC(c1ccncc1)N(C)C(=O)c1sccc1Br. The van der Waals surface area contributed by atoms with Crippen LogP contribution < -0.4 is 0 Å². The Kier molecular flexibility index (Phi) is 4.14. The second kappa shape index (κ2) is 5.63. The third kappa shape index (κ3) is 2.62. The fourth-order valence-corrected chi connectivity index (χ4v) is 3.17. The summed E-state index contributed by atoms with van der Waals surface area (Å²) in [7, 11) is 1.82. The van der Waals surface area contributed by atoms with Crippen molar-refractivity contribution < 1.29 is 4.79 Å². The molecule has 2 aromatic heterocycles. The van der Waals surface area contributed by atoms with Gasteiger partial charge in [-0.15, -0.1) is 11.3 Å². The number of thiophene rings is 1. The van der Waals surface area contributed by atoms with Gasteiger partial charge >= 0.3 is 0 Å². The highest BCUT2D eigenvalue weighted by Gasteiger charge is 2.21. The summed E-state index contributed by atoms with van der Waals surface area (Å²) >= 11 is 4.84. The Balaban J connectivity index is 2.20. The van der Waals surface area contributed by atoms with Crippen molar-refractivity contribution in [3.8, 4) is 0 Å². The minimum absolute atomic E-state index is 0.0227. The van der Waals surface area contributed by atoms with E-state index in [9.17, 15) is 4.79 Å². The molecule has 0 saturated carbocycles. The van der Waals surface area contributed by atoms with Crippen molar-refractivity contribution in [3.05, 3.63) is 50.9 Å². The molecule has 2 aromatic rings. The third-order valence-electron chi connectivity index (χ3n) is 2.90. The van der Waals surface area contributed by atoms with Gasteiger partial charge in [0.2, 0.25) is 0 Å². The molecule has 0 fully saturated rings. The number of rotatable bonds is 3. The van der Waals surface area contributed by atoms with E-state index in [1.54, 1.807) is 17.3 Å². The van der Waals surface area contributed by atoms with Crippen LogP contribution in [-0.2, 0) is 0 Å². The van der Waals surface area contributed by atoms with Crippen molar-refractivity contribution in [1.82, 2.24) is 9.88 Å². The first-order valence-electron chi connectivity index (χ1n) is 5.51. The minimum atomic E-state index is 0.0227. The maximum Gasteiger partial charge on any atom is 0.265 e. The highest BCUT2D eigenvalue weighted by Crippen LogP contribution is 2.27. The monoisotopic (exact) mass is 324 g/mol. The number of halogens is 1. The van der Waals surface area contributed by atoms with E-state index in [0.717, 1.165) is 14.9 Å². The molecule has 94 valence electrons. The molecular weight excluding hydrogens is 312 g/mol. The van der Waals surface area contributed by atoms with Crippen LogP contribution in [0.2, 0.25) is 0 Å². The molecule has 1 unspecified atom stereocenters. The van der Waals surface area contributed by atoms with Gasteiger partial charge in [-0.2, -0.15) is 0 Å². The Morgan fingerprint density at radius 2 is 2.06 bits per heavy atom. The van der Waals surface area contributed by atoms with Gasteiger partial charge in [-0.1, -0.05) is 0 Å². The number of amides is 1. The second-order valence-corrected chi connectivity index (χ2v) is 5.74. The molecule has 2 rings (SSSR count). The zero-order valence-corrected chi connectivity index (χ0v) is 12.5. The van der Waals surface area contributed by atoms with Crippen molar-refractivity contribution in [2.75, 3.05) is 7.05 Å². The molecule has 0 aliphatic rings. The van der Waals surface area contributed by atoms with E-state index in [-0.39, 0.29) is 11.9 Å². The average molecular weight is 325 g/mol. The summed E-state index contributed by atoms with van der Waals surface area (Å²) in [5, 5.41) is 1.91. The molecule has 1 amide bonds. The van der Waals surface area contributed by atoms with E-state index in [2.05, 4.69) is 20.9 Å².